The first-order chi connectivity index (χ1) is 8.67. The van der Waals surface area contributed by atoms with Crippen LogP contribution in [-0.2, 0) is 0 Å². The van der Waals surface area contributed by atoms with E-state index < -0.39 is 0 Å². The Morgan fingerprint density at radius 3 is 2.89 bits per heavy atom. The molecule has 1 aliphatic heterocycles. The molecule has 2 nitrogen and oxygen atoms in total. The predicted molar refractivity (Wildman–Crippen MR) is 82.3 cm³/mol. The third kappa shape index (κ3) is 2.72. The Hall–Kier alpha value is -0.540. The van der Waals surface area contributed by atoms with E-state index in [4.69, 9.17) is 0 Å². The molecule has 3 heteroatoms. The molecule has 0 aliphatic carbocycles. The molecule has 0 aromatic heterocycles. The van der Waals surface area contributed by atoms with E-state index in [9.17, 15) is 0 Å². The van der Waals surface area contributed by atoms with Crippen molar-refractivity contribution in [3.8, 4) is 0 Å². The van der Waals surface area contributed by atoms with Crippen molar-refractivity contribution >= 4 is 21.6 Å². The van der Waals surface area contributed by atoms with Crippen LogP contribution in [0.5, 0.6) is 0 Å². The highest BCUT2D eigenvalue weighted by Crippen LogP contribution is 2.32. The third-order valence-electron chi connectivity index (χ3n) is 4.06. The highest BCUT2D eigenvalue weighted by Gasteiger charge is 2.23. The summed E-state index contributed by atoms with van der Waals surface area (Å²) in [6, 6.07) is 7.89. The van der Waals surface area contributed by atoms with Crippen molar-refractivity contribution in [3.63, 3.8) is 0 Å². The number of hydrogen-bond acceptors (Lipinski definition) is 2. The first kappa shape index (κ1) is 13.9. The summed E-state index contributed by atoms with van der Waals surface area (Å²) in [4.78, 5) is 2.55. The van der Waals surface area contributed by atoms with Crippen molar-refractivity contribution in [1.29, 1.82) is 0 Å². The lowest BCUT2D eigenvalue weighted by molar-refractivity contribution is 0.641. The van der Waals surface area contributed by atoms with Crippen molar-refractivity contribution in [1.82, 2.24) is 5.32 Å². The van der Waals surface area contributed by atoms with Gasteiger partial charge in [0.2, 0.25) is 0 Å². The van der Waals surface area contributed by atoms with E-state index in [2.05, 4.69) is 58.2 Å². The lowest BCUT2D eigenvalue weighted by Crippen LogP contribution is -2.28. The molecule has 0 saturated carbocycles. The molecular formula is C15H23BrN2. The Labute approximate surface area is 119 Å². The number of rotatable bonds is 4. The van der Waals surface area contributed by atoms with Crippen LogP contribution in [0.25, 0.3) is 0 Å². The molecule has 0 radical (unpaired) electrons. The van der Waals surface area contributed by atoms with Gasteiger partial charge in [-0.05, 0) is 50.9 Å². The Morgan fingerprint density at radius 2 is 2.28 bits per heavy atom. The molecule has 0 spiro atoms. The molecular weight excluding hydrogens is 288 g/mol. The van der Waals surface area contributed by atoms with Crippen molar-refractivity contribution in [3.05, 3.63) is 28.2 Å². The van der Waals surface area contributed by atoms with Gasteiger partial charge < -0.3 is 10.2 Å². The van der Waals surface area contributed by atoms with Gasteiger partial charge in [0.25, 0.3) is 0 Å². The standard InChI is InChI=1S/C15H23BrN2/c1-4-12-6-5-9-18(12)13-7-8-14(11(2)17-3)15(16)10-13/h7-8,10-12,17H,4-6,9H2,1-3H3. The van der Waals surface area contributed by atoms with E-state index in [0.29, 0.717) is 6.04 Å². The van der Waals surface area contributed by atoms with Crippen LogP contribution in [-0.4, -0.2) is 19.6 Å². The van der Waals surface area contributed by atoms with Crippen LogP contribution in [0, 0.1) is 0 Å². The number of nitrogens with zero attached hydrogens (tertiary/aromatic N) is 1. The van der Waals surface area contributed by atoms with Crippen LogP contribution in [0.3, 0.4) is 0 Å². The minimum atomic E-state index is 0.383. The number of hydrogen-bond donors (Lipinski definition) is 1. The average Bonchev–Trinajstić information content (AvgIpc) is 2.86. The Morgan fingerprint density at radius 1 is 1.50 bits per heavy atom. The van der Waals surface area contributed by atoms with Gasteiger partial charge in [0, 0.05) is 28.8 Å². The minimum absolute atomic E-state index is 0.383. The molecule has 2 unspecified atom stereocenters. The van der Waals surface area contributed by atoms with Crippen molar-refractivity contribution < 1.29 is 0 Å². The highest BCUT2D eigenvalue weighted by atomic mass is 79.9. The summed E-state index contributed by atoms with van der Waals surface area (Å²) in [5.41, 5.74) is 2.69. The second kappa shape index (κ2) is 6.07. The zero-order valence-corrected chi connectivity index (χ0v) is 13.1. The van der Waals surface area contributed by atoms with E-state index in [1.807, 2.05) is 7.05 Å². The fourth-order valence-electron chi connectivity index (χ4n) is 2.80. The van der Waals surface area contributed by atoms with Gasteiger partial charge in [-0.15, -0.1) is 0 Å². The van der Waals surface area contributed by atoms with E-state index in [1.165, 1.54) is 41.5 Å². The summed E-state index contributed by atoms with van der Waals surface area (Å²) in [6.45, 7) is 5.67. The molecule has 2 atom stereocenters. The summed E-state index contributed by atoms with van der Waals surface area (Å²) >= 11 is 3.71. The summed E-state index contributed by atoms with van der Waals surface area (Å²) in [6.07, 6.45) is 3.90. The van der Waals surface area contributed by atoms with E-state index in [0.717, 1.165) is 6.04 Å². The molecule has 100 valence electrons. The van der Waals surface area contributed by atoms with Gasteiger partial charge in [-0.1, -0.05) is 28.9 Å². The SMILES string of the molecule is CCC1CCCN1c1ccc(C(C)NC)c(Br)c1. The quantitative estimate of drug-likeness (QED) is 0.900. The van der Waals surface area contributed by atoms with Gasteiger partial charge in [0.05, 0.1) is 0 Å². The number of anilines is 1. The lowest BCUT2D eigenvalue weighted by Gasteiger charge is -2.27. The topological polar surface area (TPSA) is 15.3 Å². The zero-order chi connectivity index (χ0) is 13.1. The van der Waals surface area contributed by atoms with Gasteiger partial charge >= 0.3 is 0 Å². The first-order valence-electron chi connectivity index (χ1n) is 6.90. The van der Waals surface area contributed by atoms with Gasteiger partial charge in [0.15, 0.2) is 0 Å². The summed E-state index contributed by atoms with van der Waals surface area (Å²) in [7, 11) is 2.00. The summed E-state index contributed by atoms with van der Waals surface area (Å²) < 4.78 is 1.21. The maximum Gasteiger partial charge on any atom is 0.0380 e. The van der Waals surface area contributed by atoms with Crippen molar-refractivity contribution in [2.45, 2.75) is 45.2 Å². The Bertz CT molecular complexity index is 405. The predicted octanol–water partition coefficient (Wildman–Crippen LogP) is 4.11. The number of halogens is 1. The van der Waals surface area contributed by atoms with Crippen LogP contribution < -0.4 is 10.2 Å². The smallest absolute Gasteiger partial charge is 0.0380 e. The Balaban J connectivity index is 2.23. The van der Waals surface area contributed by atoms with E-state index in [1.54, 1.807) is 0 Å². The van der Waals surface area contributed by atoms with Crippen LogP contribution in [0.4, 0.5) is 5.69 Å². The van der Waals surface area contributed by atoms with Crippen LogP contribution in [0.15, 0.2) is 22.7 Å². The van der Waals surface area contributed by atoms with Crippen molar-refractivity contribution in [2.75, 3.05) is 18.5 Å². The second-order valence-electron chi connectivity index (χ2n) is 5.11. The van der Waals surface area contributed by atoms with Gasteiger partial charge in [-0.3, -0.25) is 0 Å². The fourth-order valence-corrected chi connectivity index (χ4v) is 3.51. The summed E-state index contributed by atoms with van der Waals surface area (Å²) in [5.74, 6) is 0. The van der Waals surface area contributed by atoms with E-state index >= 15 is 0 Å². The number of nitrogens with one attached hydrogen (secondary N) is 1. The normalized spacial score (nSPS) is 21.3. The van der Waals surface area contributed by atoms with Crippen LogP contribution in [0.1, 0.15) is 44.7 Å². The molecule has 1 aromatic carbocycles. The van der Waals surface area contributed by atoms with Gasteiger partial charge in [0.1, 0.15) is 0 Å². The third-order valence-corrected chi connectivity index (χ3v) is 4.75. The largest absolute Gasteiger partial charge is 0.369 e. The molecule has 0 amide bonds. The fraction of sp³-hybridized carbons (Fsp3) is 0.600. The molecule has 1 saturated heterocycles. The molecule has 18 heavy (non-hydrogen) atoms. The zero-order valence-electron chi connectivity index (χ0n) is 11.5. The average molecular weight is 311 g/mol. The molecule has 2 rings (SSSR count). The van der Waals surface area contributed by atoms with E-state index in [-0.39, 0.29) is 0 Å². The van der Waals surface area contributed by atoms with Crippen LogP contribution in [0.2, 0.25) is 0 Å². The lowest BCUT2D eigenvalue weighted by atomic mass is 10.1. The molecule has 1 N–H and O–H groups in total. The monoisotopic (exact) mass is 310 g/mol. The summed E-state index contributed by atoms with van der Waals surface area (Å²) in [5, 5.41) is 3.29. The Kier molecular flexibility index (Phi) is 4.68. The second-order valence-corrected chi connectivity index (χ2v) is 5.97. The van der Waals surface area contributed by atoms with Gasteiger partial charge in [-0.2, -0.15) is 0 Å². The molecule has 1 heterocycles. The first-order valence-corrected chi connectivity index (χ1v) is 7.70. The van der Waals surface area contributed by atoms with Crippen molar-refractivity contribution in [2.24, 2.45) is 0 Å². The highest BCUT2D eigenvalue weighted by molar-refractivity contribution is 9.10. The molecule has 1 aromatic rings. The minimum Gasteiger partial charge on any atom is -0.369 e. The molecule has 1 fully saturated rings. The number of benzene rings is 1. The molecule has 0 bridgehead atoms. The van der Waals surface area contributed by atoms with Gasteiger partial charge in [-0.25, -0.2) is 0 Å². The molecule has 1 aliphatic rings. The maximum atomic E-state index is 3.71. The maximum absolute atomic E-state index is 3.71. The van der Waals surface area contributed by atoms with Crippen LogP contribution >= 0.6 is 15.9 Å².